The van der Waals surface area contributed by atoms with Crippen LogP contribution in [-0.2, 0) is 9.53 Å². The molecule has 2 N–H and O–H groups in total. The highest BCUT2D eigenvalue weighted by Crippen LogP contribution is 2.21. The van der Waals surface area contributed by atoms with Gasteiger partial charge in [-0.3, -0.25) is 9.59 Å². The molecule has 27 heavy (non-hydrogen) atoms. The van der Waals surface area contributed by atoms with Crippen molar-refractivity contribution in [3.8, 4) is 0 Å². The number of ether oxygens (including phenoxy) is 1. The summed E-state index contributed by atoms with van der Waals surface area (Å²) in [5, 5.41) is 6.28. The van der Waals surface area contributed by atoms with Gasteiger partial charge in [0.15, 0.2) is 0 Å². The third kappa shape index (κ3) is 6.40. The summed E-state index contributed by atoms with van der Waals surface area (Å²) >= 11 is 12.2. The largest absolute Gasteiger partial charge is 0.383 e. The van der Waals surface area contributed by atoms with E-state index in [2.05, 4.69) is 10.6 Å². The van der Waals surface area contributed by atoms with Crippen LogP contribution in [0.4, 0.5) is 5.69 Å². The molecule has 0 heterocycles. The van der Waals surface area contributed by atoms with Crippen LogP contribution in [0, 0.1) is 6.92 Å². The molecule has 2 aromatic rings. The summed E-state index contributed by atoms with van der Waals surface area (Å²) in [6.45, 7) is 2.71. The van der Waals surface area contributed by atoms with Crippen LogP contribution >= 0.6 is 23.2 Å². The van der Waals surface area contributed by atoms with Gasteiger partial charge in [-0.25, -0.2) is 0 Å². The fourth-order valence-corrected chi connectivity index (χ4v) is 2.66. The van der Waals surface area contributed by atoms with Gasteiger partial charge in [-0.15, -0.1) is 0 Å². The van der Waals surface area contributed by atoms with Gasteiger partial charge >= 0.3 is 0 Å². The van der Waals surface area contributed by atoms with Crippen molar-refractivity contribution >= 4 is 46.8 Å². The fraction of sp³-hybridized carbons (Fsp3) is 0.200. The van der Waals surface area contributed by atoms with E-state index in [1.807, 2.05) is 19.1 Å². The molecule has 2 rings (SSSR count). The van der Waals surface area contributed by atoms with Gasteiger partial charge < -0.3 is 15.4 Å². The number of hydrogen-bond donors (Lipinski definition) is 2. The van der Waals surface area contributed by atoms with E-state index >= 15 is 0 Å². The molecule has 0 aliphatic carbocycles. The van der Waals surface area contributed by atoms with Crippen molar-refractivity contribution in [3.63, 3.8) is 0 Å². The van der Waals surface area contributed by atoms with E-state index in [1.165, 1.54) is 12.1 Å². The lowest BCUT2D eigenvalue weighted by Crippen LogP contribution is -2.27. The van der Waals surface area contributed by atoms with Crippen LogP contribution in [-0.4, -0.2) is 32.1 Å². The minimum Gasteiger partial charge on any atom is -0.383 e. The zero-order valence-corrected chi connectivity index (χ0v) is 16.5. The lowest BCUT2D eigenvalue weighted by Gasteiger charge is -2.08. The van der Waals surface area contributed by atoms with Gasteiger partial charge in [0.1, 0.15) is 0 Å². The zero-order valence-electron chi connectivity index (χ0n) is 15.0. The van der Waals surface area contributed by atoms with Crippen molar-refractivity contribution in [2.24, 2.45) is 0 Å². The third-order valence-corrected chi connectivity index (χ3v) is 4.42. The summed E-state index contributed by atoms with van der Waals surface area (Å²) in [4.78, 5) is 24.1. The topological polar surface area (TPSA) is 67.4 Å². The van der Waals surface area contributed by atoms with Crippen molar-refractivity contribution in [1.82, 2.24) is 5.32 Å². The van der Waals surface area contributed by atoms with Crippen LogP contribution in [0.5, 0.6) is 0 Å². The molecule has 0 spiro atoms. The second-order valence-corrected chi connectivity index (χ2v) is 6.59. The quantitative estimate of drug-likeness (QED) is 0.530. The highest BCUT2D eigenvalue weighted by atomic mass is 35.5. The molecule has 0 aliphatic heterocycles. The third-order valence-electron chi connectivity index (χ3n) is 3.70. The Balaban J connectivity index is 1.99. The van der Waals surface area contributed by atoms with Crippen molar-refractivity contribution in [2.45, 2.75) is 6.92 Å². The van der Waals surface area contributed by atoms with Crippen LogP contribution in [0.1, 0.15) is 21.5 Å². The lowest BCUT2D eigenvalue weighted by atomic mass is 10.1. The van der Waals surface area contributed by atoms with E-state index in [1.54, 1.807) is 31.4 Å². The maximum atomic E-state index is 12.1. The van der Waals surface area contributed by atoms with Crippen molar-refractivity contribution < 1.29 is 14.3 Å². The Morgan fingerprint density at radius 3 is 2.56 bits per heavy atom. The minimum absolute atomic E-state index is 0.247. The predicted molar refractivity (Wildman–Crippen MR) is 110 cm³/mol. The summed E-state index contributed by atoms with van der Waals surface area (Å²) in [5.74, 6) is -0.619. The van der Waals surface area contributed by atoms with Gasteiger partial charge in [0.2, 0.25) is 5.91 Å². The van der Waals surface area contributed by atoms with E-state index in [4.69, 9.17) is 27.9 Å². The van der Waals surface area contributed by atoms with Crippen LogP contribution < -0.4 is 10.6 Å². The normalized spacial score (nSPS) is 10.8. The fourth-order valence-electron chi connectivity index (χ4n) is 2.21. The van der Waals surface area contributed by atoms with Crippen LogP contribution in [0.25, 0.3) is 6.08 Å². The van der Waals surface area contributed by atoms with Gasteiger partial charge in [-0.05, 0) is 48.4 Å². The minimum atomic E-state index is -0.319. The number of aryl methyl sites for hydroxylation is 1. The molecule has 0 fully saturated rings. The summed E-state index contributed by atoms with van der Waals surface area (Å²) < 4.78 is 4.88. The molecule has 7 heteroatoms. The van der Waals surface area contributed by atoms with Crippen LogP contribution in [0.15, 0.2) is 42.5 Å². The average molecular weight is 407 g/mol. The molecule has 2 amide bonds. The number of anilines is 1. The molecular weight excluding hydrogens is 387 g/mol. The molecule has 2 aromatic carbocycles. The number of nitrogens with one attached hydrogen (secondary N) is 2. The van der Waals surface area contributed by atoms with Gasteiger partial charge in [-0.2, -0.15) is 0 Å². The molecule has 0 bridgehead atoms. The number of methoxy groups -OCH3 is 1. The molecule has 0 aromatic heterocycles. The first-order valence-corrected chi connectivity index (χ1v) is 8.98. The molecule has 0 saturated heterocycles. The Bertz CT molecular complexity index is 866. The summed E-state index contributed by atoms with van der Waals surface area (Å²) in [7, 11) is 1.55. The number of carbonyl (C=O) groups is 2. The number of benzene rings is 2. The molecule has 0 aliphatic rings. The Labute approximate surface area is 168 Å². The highest BCUT2D eigenvalue weighted by Gasteiger charge is 2.11. The van der Waals surface area contributed by atoms with Gasteiger partial charge in [-0.1, -0.05) is 35.3 Å². The van der Waals surface area contributed by atoms with Crippen molar-refractivity contribution in [1.29, 1.82) is 0 Å². The number of amides is 2. The first-order valence-electron chi connectivity index (χ1n) is 8.22. The molecule has 0 unspecified atom stereocenters. The first kappa shape index (κ1) is 21.0. The second-order valence-electron chi connectivity index (χ2n) is 5.77. The zero-order chi connectivity index (χ0) is 19.8. The van der Waals surface area contributed by atoms with Crippen LogP contribution in [0.2, 0.25) is 10.0 Å². The number of carbonyl (C=O) groups excluding carboxylic acids is 2. The number of rotatable bonds is 7. The summed E-state index contributed by atoms with van der Waals surface area (Å²) in [6.07, 6.45) is 3.07. The highest BCUT2D eigenvalue weighted by molar-refractivity contribution is 6.34. The van der Waals surface area contributed by atoms with Gasteiger partial charge in [0.05, 0.1) is 17.2 Å². The van der Waals surface area contributed by atoms with Gasteiger partial charge in [0, 0.05) is 30.4 Å². The van der Waals surface area contributed by atoms with Crippen molar-refractivity contribution in [2.75, 3.05) is 25.6 Å². The van der Waals surface area contributed by atoms with Crippen molar-refractivity contribution in [3.05, 3.63) is 69.2 Å². The Morgan fingerprint density at radius 1 is 1.11 bits per heavy atom. The average Bonchev–Trinajstić information content (AvgIpc) is 2.63. The predicted octanol–water partition coefficient (Wildman–Crippen LogP) is 4.33. The standard InChI is InChI=1S/C20H20Cl2N2O3/c1-13-3-4-14(11-17(13)21)5-8-19(25)24-15-6-7-16(18(22)12-15)20(26)23-9-10-27-2/h3-8,11-12H,9-10H2,1-2H3,(H,23,26)(H,24,25)/b8-5+. The summed E-state index contributed by atoms with van der Waals surface area (Å²) in [6, 6.07) is 10.2. The van der Waals surface area contributed by atoms with E-state index in [0.717, 1.165) is 11.1 Å². The van der Waals surface area contributed by atoms with E-state index in [9.17, 15) is 9.59 Å². The second kappa shape index (κ2) is 10.1. The van der Waals surface area contributed by atoms with E-state index in [0.29, 0.717) is 29.4 Å². The SMILES string of the molecule is COCCNC(=O)c1ccc(NC(=O)/C=C/c2ccc(C)c(Cl)c2)cc1Cl. The first-order chi connectivity index (χ1) is 12.9. The Morgan fingerprint density at radius 2 is 1.89 bits per heavy atom. The molecule has 0 radical (unpaired) electrons. The van der Waals surface area contributed by atoms with E-state index < -0.39 is 0 Å². The summed E-state index contributed by atoms with van der Waals surface area (Å²) in [5.41, 5.74) is 2.61. The smallest absolute Gasteiger partial charge is 0.252 e. The Kier molecular flexibility index (Phi) is 7.85. The van der Waals surface area contributed by atoms with Crippen LogP contribution in [0.3, 0.4) is 0 Å². The van der Waals surface area contributed by atoms with Gasteiger partial charge in [0.25, 0.3) is 5.91 Å². The molecule has 0 saturated carbocycles. The van der Waals surface area contributed by atoms with E-state index in [-0.39, 0.29) is 16.8 Å². The number of hydrogen-bond acceptors (Lipinski definition) is 3. The maximum Gasteiger partial charge on any atom is 0.252 e. The molecular formula is C20H20Cl2N2O3. The number of halogens is 2. The Hall–Kier alpha value is -2.34. The lowest BCUT2D eigenvalue weighted by molar-refractivity contribution is -0.111. The maximum absolute atomic E-state index is 12.1. The monoisotopic (exact) mass is 406 g/mol. The molecule has 5 nitrogen and oxygen atoms in total. The molecule has 142 valence electrons. The molecule has 0 atom stereocenters.